The molecule has 5 nitrogen and oxygen atoms in total. The molecule has 1 aromatic carbocycles. The highest BCUT2D eigenvalue weighted by Crippen LogP contribution is 2.41. The molecule has 1 aliphatic rings. The van der Waals surface area contributed by atoms with Gasteiger partial charge in [-0.15, -0.1) is 0 Å². The van der Waals surface area contributed by atoms with Gasteiger partial charge >= 0.3 is 0 Å². The van der Waals surface area contributed by atoms with Crippen molar-refractivity contribution < 1.29 is 9.18 Å². The number of carbonyl (C=O) groups is 1. The molecule has 6 heteroatoms. The second-order valence-electron chi connectivity index (χ2n) is 8.47. The zero-order valence-electron chi connectivity index (χ0n) is 16.4. The predicted molar refractivity (Wildman–Crippen MR) is 106 cm³/mol. The van der Waals surface area contributed by atoms with E-state index in [1.54, 1.807) is 10.7 Å². The van der Waals surface area contributed by atoms with Crippen LogP contribution in [0.5, 0.6) is 0 Å². The van der Waals surface area contributed by atoms with Crippen LogP contribution in [0, 0.1) is 11.2 Å². The number of hydrogen-bond donors (Lipinski definition) is 1. The number of hydrogen-bond acceptors (Lipinski definition) is 2. The van der Waals surface area contributed by atoms with E-state index < -0.39 is 0 Å². The van der Waals surface area contributed by atoms with Gasteiger partial charge in [0.25, 0.3) is 0 Å². The highest BCUT2D eigenvalue weighted by Gasteiger charge is 2.36. The van der Waals surface area contributed by atoms with Crippen LogP contribution in [0.1, 0.15) is 43.1 Å². The lowest BCUT2D eigenvalue weighted by atomic mass is 9.74. The van der Waals surface area contributed by atoms with Gasteiger partial charge in [0.1, 0.15) is 5.82 Å². The van der Waals surface area contributed by atoms with E-state index in [4.69, 9.17) is 0 Å². The van der Waals surface area contributed by atoms with E-state index in [1.165, 1.54) is 12.1 Å². The Hall–Kier alpha value is -2.89. The van der Waals surface area contributed by atoms with Crippen molar-refractivity contribution in [2.24, 2.45) is 12.5 Å². The molecule has 0 bridgehead atoms. The number of nitrogens with one attached hydrogen (secondary N) is 1. The standard InChI is InChI=1S/C22H25FN4O/c1-22(2)11-19(25-21(28)9-15-7-8-26(3)14-15)18-13-24-27(20(18)12-22)17-6-4-5-16(23)10-17/h4-8,10,13-14,19H,9,11-12H2,1-3H3,(H,25,28). The fourth-order valence-corrected chi connectivity index (χ4v) is 4.10. The van der Waals surface area contributed by atoms with Gasteiger partial charge in [0.15, 0.2) is 0 Å². The van der Waals surface area contributed by atoms with Gasteiger partial charge in [0.05, 0.1) is 30.0 Å². The summed E-state index contributed by atoms with van der Waals surface area (Å²) in [5, 5.41) is 7.70. The molecule has 0 aliphatic heterocycles. The fourth-order valence-electron chi connectivity index (χ4n) is 4.10. The Labute approximate surface area is 164 Å². The number of halogens is 1. The Balaban J connectivity index is 1.61. The van der Waals surface area contributed by atoms with E-state index in [0.717, 1.165) is 29.7 Å². The number of fused-ring (bicyclic) bond motifs is 1. The predicted octanol–water partition coefficient (Wildman–Crippen LogP) is 3.72. The van der Waals surface area contributed by atoms with Crippen molar-refractivity contribution in [1.29, 1.82) is 0 Å². The smallest absolute Gasteiger partial charge is 0.224 e. The number of benzene rings is 1. The zero-order chi connectivity index (χ0) is 19.9. The quantitative estimate of drug-likeness (QED) is 0.750. The molecule has 0 radical (unpaired) electrons. The van der Waals surface area contributed by atoms with Crippen LogP contribution >= 0.6 is 0 Å². The van der Waals surface area contributed by atoms with E-state index >= 15 is 0 Å². The van der Waals surface area contributed by atoms with E-state index in [9.17, 15) is 9.18 Å². The molecule has 3 aromatic rings. The molecule has 1 aliphatic carbocycles. The maximum Gasteiger partial charge on any atom is 0.224 e. The van der Waals surface area contributed by atoms with Crippen molar-refractivity contribution in [2.75, 3.05) is 0 Å². The summed E-state index contributed by atoms with van der Waals surface area (Å²) >= 11 is 0. The number of aryl methyl sites for hydroxylation is 1. The first-order chi connectivity index (χ1) is 13.3. The van der Waals surface area contributed by atoms with Crippen LogP contribution in [0.25, 0.3) is 5.69 Å². The average molecular weight is 380 g/mol. The molecule has 0 saturated carbocycles. The van der Waals surface area contributed by atoms with Gasteiger partial charge in [0.2, 0.25) is 5.91 Å². The molecule has 2 heterocycles. The van der Waals surface area contributed by atoms with Crippen LogP contribution in [-0.4, -0.2) is 20.3 Å². The fraction of sp³-hybridized carbons (Fsp3) is 0.364. The first-order valence-corrected chi connectivity index (χ1v) is 9.54. The summed E-state index contributed by atoms with van der Waals surface area (Å²) in [7, 11) is 1.94. The van der Waals surface area contributed by atoms with Crippen LogP contribution < -0.4 is 5.32 Å². The van der Waals surface area contributed by atoms with Crippen molar-refractivity contribution in [3.63, 3.8) is 0 Å². The van der Waals surface area contributed by atoms with Gasteiger partial charge in [-0.05, 0) is 48.1 Å². The average Bonchev–Trinajstić information content (AvgIpc) is 3.20. The van der Waals surface area contributed by atoms with Gasteiger partial charge in [-0.3, -0.25) is 4.79 Å². The first kappa shape index (κ1) is 18.5. The van der Waals surface area contributed by atoms with Crippen LogP contribution in [0.3, 0.4) is 0 Å². The minimum Gasteiger partial charge on any atom is -0.357 e. The van der Waals surface area contributed by atoms with E-state index in [-0.39, 0.29) is 23.2 Å². The third-order valence-electron chi connectivity index (χ3n) is 5.33. The van der Waals surface area contributed by atoms with E-state index in [0.29, 0.717) is 12.1 Å². The molecule has 0 spiro atoms. The third kappa shape index (κ3) is 3.72. The maximum atomic E-state index is 13.7. The van der Waals surface area contributed by atoms with E-state index in [2.05, 4.69) is 24.3 Å². The van der Waals surface area contributed by atoms with Gasteiger partial charge < -0.3 is 9.88 Å². The summed E-state index contributed by atoms with van der Waals surface area (Å²) in [5.41, 5.74) is 3.75. The monoisotopic (exact) mass is 380 g/mol. The van der Waals surface area contributed by atoms with Crippen molar-refractivity contribution in [2.45, 2.75) is 39.2 Å². The third-order valence-corrected chi connectivity index (χ3v) is 5.33. The Morgan fingerprint density at radius 3 is 2.89 bits per heavy atom. The molecule has 1 amide bonds. The normalized spacial score (nSPS) is 17.9. The van der Waals surface area contributed by atoms with Crippen molar-refractivity contribution in [3.8, 4) is 5.69 Å². The Kier molecular flexibility index (Phi) is 4.57. The summed E-state index contributed by atoms with van der Waals surface area (Å²) < 4.78 is 17.4. The van der Waals surface area contributed by atoms with Gasteiger partial charge in [0, 0.05) is 25.0 Å². The minimum atomic E-state index is -0.287. The molecule has 2 aromatic heterocycles. The van der Waals surface area contributed by atoms with Crippen molar-refractivity contribution >= 4 is 5.91 Å². The molecule has 146 valence electrons. The molecule has 1 atom stereocenters. The van der Waals surface area contributed by atoms with Crippen LogP contribution in [0.4, 0.5) is 4.39 Å². The summed E-state index contributed by atoms with van der Waals surface area (Å²) in [6.45, 7) is 4.38. The lowest BCUT2D eigenvalue weighted by Crippen LogP contribution is -2.37. The van der Waals surface area contributed by atoms with E-state index in [1.807, 2.05) is 42.3 Å². The molecule has 1 N–H and O–H groups in total. The molecule has 4 rings (SSSR count). The SMILES string of the molecule is Cn1ccc(CC(=O)NC2CC(C)(C)Cc3c2cnn3-c2cccc(F)c2)c1. The lowest BCUT2D eigenvalue weighted by molar-refractivity contribution is -0.121. The summed E-state index contributed by atoms with van der Waals surface area (Å²) in [5.74, 6) is -0.289. The number of amides is 1. The maximum absolute atomic E-state index is 13.7. The highest BCUT2D eigenvalue weighted by atomic mass is 19.1. The van der Waals surface area contributed by atoms with Crippen LogP contribution in [0.2, 0.25) is 0 Å². The molecular weight excluding hydrogens is 355 g/mol. The lowest BCUT2D eigenvalue weighted by Gasteiger charge is -2.36. The second kappa shape index (κ2) is 6.93. The zero-order valence-corrected chi connectivity index (χ0v) is 16.4. The first-order valence-electron chi connectivity index (χ1n) is 9.54. The summed E-state index contributed by atoms with van der Waals surface area (Å²) in [6, 6.07) is 8.30. The molecule has 0 saturated heterocycles. The number of nitrogens with zero attached hydrogens (tertiary/aromatic N) is 3. The molecule has 28 heavy (non-hydrogen) atoms. The molecule has 0 fully saturated rings. The van der Waals surface area contributed by atoms with Crippen molar-refractivity contribution in [3.05, 3.63) is 71.6 Å². The van der Waals surface area contributed by atoms with Gasteiger partial charge in [-0.1, -0.05) is 19.9 Å². The summed E-state index contributed by atoms with van der Waals surface area (Å²) in [4.78, 5) is 12.6. The number of rotatable bonds is 4. The molecule has 1 unspecified atom stereocenters. The Morgan fingerprint density at radius 1 is 1.36 bits per heavy atom. The topological polar surface area (TPSA) is 51.9 Å². The second-order valence-corrected chi connectivity index (χ2v) is 8.47. The van der Waals surface area contributed by atoms with Crippen molar-refractivity contribution in [1.82, 2.24) is 19.7 Å². The Morgan fingerprint density at radius 2 is 2.18 bits per heavy atom. The largest absolute Gasteiger partial charge is 0.357 e. The van der Waals surface area contributed by atoms with Gasteiger partial charge in [-0.2, -0.15) is 5.10 Å². The highest BCUT2D eigenvalue weighted by molar-refractivity contribution is 5.79. The number of carbonyl (C=O) groups excluding carboxylic acids is 1. The molecular formula is C22H25FN4O. The van der Waals surface area contributed by atoms with Gasteiger partial charge in [-0.25, -0.2) is 9.07 Å². The van der Waals surface area contributed by atoms with Crippen LogP contribution in [-0.2, 0) is 24.7 Å². The summed E-state index contributed by atoms with van der Waals surface area (Å²) in [6.07, 6.45) is 7.72. The van der Waals surface area contributed by atoms with Crippen LogP contribution in [0.15, 0.2) is 48.9 Å². The minimum absolute atomic E-state index is 0.00152. The number of aromatic nitrogens is 3. The Bertz CT molecular complexity index is 1020.